The summed E-state index contributed by atoms with van der Waals surface area (Å²) in [5, 5.41) is 9.30. The van der Waals surface area contributed by atoms with Gasteiger partial charge in [-0.25, -0.2) is 0 Å². The summed E-state index contributed by atoms with van der Waals surface area (Å²) < 4.78 is 0. The first-order chi connectivity index (χ1) is 7.80. The molecule has 2 heteroatoms. The second-order valence-electron chi connectivity index (χ2n) is 6.61. The van der Waals surface area contributed by atoms with Gasteiger partial charge in [0, 0.05) is 6.61 Å². The highest BCUT2D eigenvalue weighted by atomic mass is 16.3. The molecule has 2 nitrogen and oxygen atoms in total. The summed E-state index contributed by atoms with van der Waals surface area (Å²) in [5.41, 5.74) is 5.73. The van der Waals surface area contributed by atoms with Crippen molar-refractivity contribution in [1.29, 1.82) is 0 Å². The lowest BCUT2D eigenvalue weighted by molar-refractivity contribution is -0.0477. The van der Waals surface area contributed by atoms with E-state index in [1.807, 2.05) is 0 Å². The third-order valence-corrected chi connectivity index (χ3v) is 5.62. The molecule has 4 aliphatic carbocycles. The van der Waals surface area contributed by atoms with Gasteiger partial charge in [-0.2, -0.15) is 0 Å². The fraction of sp³-hybridized carbons (Fsp3) is 1.00. The molecule has 0 aromatic heterocycles. The minimum absolute atomic E-state index is 0.291. The molecule has 0 amide bonds. The third kappa shape index (κ3) is 1.80. The van der Waals surface area contributed by atoms with Crippen LogP contribution in [-0.4, -0.2) is 18.3 Å². The van der Waals surface area contributed by atoms with Crippen LogP contribution in [0.25, 0.3) is 0 Å². The van der Waals surface area contributed by atoms with Crippen LogP contribution < -0.4 is 5.73 Å². The predicted octanol–water partition coefficient (Wildman–Crippen LogP) is 2.02. The van der Waals surface area contributed by atoms with Gasteiger partial charge in [-0.05, 0) is 80.6 Å². The van der Waals surface area contributed by atoms with Crippen molar-refractivity contribution >= 4 is 0 Å². The predicted molar refractivity (Wildman–Crippen MR) is 64.8 cm³/mol. The Labute approximate surface area is 98.6 Å². The maximum atomic E-state index is 9.30. The van der Waals surface area contributed by atoms with Crippen molar-refractivity contribution < 1.29 is 5.11 Å². The largest absolute Gasteiger partial charge is 0.396 e. The molecule has 4 aliphatic rings. The molecule has 4 rings (SSSR count). The molecular formula is C14H25NO. The lowest BCUT2D eigenvalue weighted by Crippen LogP contribution is -2.46. The Bertz CT molecular complexity index is 221. The zero-order valence-corrected chi connectivity index (χ0v) is 10.1. The van der Waals surface area contributed by atoms with Crippen molar-refractivity contribution in [3.05, 3.63) is 0 Å². The Kier molecular flexibility index (Phi) is 2.97. The van der Waals surface area contributed by atoms with Crippen molar-refractivity contribution in [2.45, 2.75) is 38.5 Å². The molecule has 1 unspecified atom stereocenters. The molecule has 4 fully saturated rings. The lowest BCUT2D eigenvalue weighted by Gasteiger charge is -2.55. The summed E-state index contributed by atoms with van der Waals surface area (Å²) in [6.45, 7) is 0.957. The van der Waals surface area contributed by atoms with Gasteiger partial charge in [-0.15, -0.1) is 0 Å². The summed E-state index contributed by atoms with van der Waals surface area (Å²) in [5.74, 6) is 5.35. The summed E-state index contributed by atoms with van der Waals surface area (Å²) in [4.78, 5) is 0. The van der Waals surface area contributed by atoms with Crippen molar-refractivity contribution in [3.8, 4) is 0 Å². The fourth-order valence-corrected chi connectivity index (χ4v) is 5.05. The van der Waals surface area contributed by atoms with E-state index in [4.69, 9.17) is 5.73 Å². The molecule has 0 aromatic carbocycles. The van der Waals surface area contributed by atoms with Gasteiger partial charge in [0.2, 0.25) is 0 Å². The number of rotatable bonds is 4. The van der Waals surface area contributed by atoms with Crippen LogP contribution in [0.2, 0.25) is 0 Å². The molecule has 0 radical (unpaired) electrons. The highest BCUT2D eigenvalue weighted by Gasteiger charge is 2.48. The Morgan fingerprint density at radius 1 is 1.00 bits per heavy atom. The van der Waals surface area contributed by atoms with Gasteiger partial charge in [0.15, 0.2) is 0 Å². The Morgan fingerprint density at radius 3 is 2.00 bits per heavy atom. The quantitative estimate of drug-likeness (QED) is 0.766. The molecule has 0 saturated heterocycles. The standard InChI is InChI=1S/C14H25NO/c15-7-11(8-16)6-14-12-2-9-1-10(4-12)5-13(14)3-9/h9-14,16H,1-8,15H2. The molecule has 0 aliphatic heterocycles. The van der Waals surface area contributed by atoms with Crippen LogP contribution in [0.5, 0.6) is 0 Å². The first kappa shape index (κ1) is 11.0. The summed E-state index contributed by atoms with van der Waals surface area (Å²) in [6, 6.07) is 0. The molecule has 16 heavy (non-hydrogen) atoms. The topological polar surface area (TPSA) is 46.2 Å². The molecule has 0 spiro atoms. The monoisotopic (exact) mass is 223 g/mol. The maximum absolute atomic E-state index is 9.30. The molecule has 92 valence electrons. The number of hydrogen-bond acceptors (Lipinski definition) is 2. The summed E-state index contributed by atoms with van der Waals surface area (Å²) in [6.07, 6.45) is 8.67. The van der Waals surface area contributed by atoms with Crippen LogP contribution in [0.15, 0.2) is 0 Å². The van der Waals surface area contributed by atoms with Crippen LogP contribution in [0.1, 0.15) is 38.5 Å². The van der Waals surface area contributed by atoms with Crippen molar-refractivity contribution in [2.24, 2.45) is 41.2 Å². The lowest BCUT2D eigenvalue weighted by atomic mass is 9.51. The normalized spacial score (nSPS) is 47.2. The van der Waals surface area contributed by atoms with Gasteiger partial charge in [0.05, 0.1) is 0 Å². The molecule has 4 saturated carbocycles. The SMILES string of the molecule is NCC(CO)CC1C2CC3CC(C2)CC1C3. The Morgan fingerprint density at radius 2 is 1.56 bits per heavy atom. The number of aliphatic hydroxyl groups is 1. The van der Waals surface area contributed by atoms with E-state index in [2.05, 4.69) is 0 Å². The molecule has 3 N–H and O–H groups in total. The van der Waals surface area contributed by atoms with E-state index >= 15 is 0 Å². The van der Waals surface area contributed by atoms with Crippen molar-refractivity contribution in [2.75, 3.05) is 13.2 Å². The summed E-state index contributed by atoms with van der Waals surface area (Å²) in [7, 11) is 0. The minimum atomic E-state index is 0.291. The molecule has 1 atom stereocenters. The minimum Gasteiger partial charge on any atom is -0.396 e. The van der Waals surface area contributed by atoms with Gasteiger partial charge in [-0.1, -0.05) is 0 Å². The van der Waals surface area contributed by atoms with E-state index in [1.54, 1.807) is 0 Å². The van der Waals surface area contributed by atoms with Crippen molar-refractivity contribution in [1.82, 2.24) is 0 Å². The van der Waals surface area contributed by atoms with Crippen LogP contribution >= 0.6 is 0 Å². The van der Waals surface area contributed by atoms with Gasteiger partial charge < -0.3 is 10.8 Å². The van der Waals surface area contributed by atoms with Crippen LogP contribution in [0.4, 0.5) is 0 Å². The van der Waals surface area contributed by atoms with E-state index < -0.39 is 0 Å². The van der Waals surface area contributed by atoms with Gasteiger partial charge >= 0.3 is 0 Å². The molecule has 0 heterocycles. The Balaban J connectivity index is 1.67. The highest BCUT2D eigenvalue weighted by Crippen LogP contribution is 2.57. The van der Waals surface area contributed by atoms with Gasteiger partial charge in [0.25, 0.3) is 0 Å². The van der Waals surface area contributed by atoms with Crippen LogP contribution in [-0.2, 0) is 0 Å². The first-order valence-electron chi connectivity index (χ1n) is 7.11. The first-order valence-corrected chi connectivity index (χ1v) is 7.11. The van der Waals surface area contributed by atoms with Gasteiger partial charge in [0.1, 0.15) is 0 Å². The van der Waals surface area contributed by atoms with Gasteiger partial charge in [-0.3, -0.25) is 0 Å². The zero-order valence-electron chi connectivity index (χ0n) is 10.1. The molecule has 4 bridgehead atoms. The van der Waals surface area contributed by atoms with E-state index in [-0.39, 0.29) is 0 Å². The average molecular weight is 223 g/mol. The third-order valence-electron chi connectivity index (χ3n) is 5.62. The highest BCUT2D eigenvalue weighted by molar-refractivity contribution is 4.98. The number of nitrogens with two attached hydrogens (primary N) is 1. The molecular weight excluding hydrogens is 198 g/mol. The number of hydrogen-bond donors (Lipinski definition) is 2. The van der Waals surface area contributed by atoms with E-state index in [9.17, 15) is 5.11 Å². The second-order valence-corrected chi connectivity index (χ2v) is 6.61. The smallest absolute Gasteiger partial charge is 0.0471 e. The van der Waals surface area contributed by atoms with Crippen LogP contribution in [0.3, 0.4) is 0 Å². The second kappa shape index (κ2) is 4.30. The van der Waals surface area contributed by atoms with Crippen molar-refractivity contribution in [3.63, 3.8) is 0 Å². The van der Waals surface area contributed by atoms with Crippen LogP contribution in [0, 0.1) is 35.5 Å². The van der Waals surface area contributed by atoms with E-state index in [1.165, 1.54) is 38.5 Å². The maximum Gasteiger partial charge on any atom is 0.0471 e. The van der Waals surface area contributed by atoms with E-state index in [0.717, 1.165) is 29.6 Å². The summed E-state index contributed by atoms with van der Waals surface area (Å²) >= 11 is 0. The Hall–Kier alpha value is -0.0800. The number of aliphatic hydroxyl groups excluding tert-OH is 1. The fourth-order valence-electron chi connectivity index (χ4n) is 5.05. The zero-order chi connectivity index (χ0) is 11.1. The molecule has 0 aromatic rings. The van der Waals surface area contributed by atoms with E-state index in [0.29, 0.717) is 19.1 Å². The average Bonchev–Trinajstić information content (AvgIpc) is 2.28.